The fourth-order valence-corrected chi connectivity index (χ4v) is 4.53. The SMILES string of the molecule is CCCCCCCCCCCCCCCC=COP(=O)(O)C(=O)[P+](O)(O)O. The zero-order valence-corrected chi connectivity index (χ0v) is 18.3. The van der Waals surface area contributed by atoms with Crippen molar-refractivity contribution in [3.63, 3.8) is 0 Å². The summed E-state index contributed by atoms with van der Waals surface area (Å²) in [5.41, 5.74) is 0. The smallest absolute Gasteiger partial charge is 0.425 e. The molecule has 4 N–H and O–H groups in total. The number of unbranched alkanes of at least 4 members (excludes halogenated alkanes) is 13. The van der Waals surface area contributed by atoms with Crippen LogP contribution in [0.5, 0.6) is 0 Å². The molecule has 27 heavy (non-hydrogen) atoms. The zero-order valence-electron chi connectivity index (χ0n) is 16.5. The van der Waals surface area contributed by atoms with Crippen LogP contribution in [0.15, 0.2) is 12.3 Å². The summed E-state index contributed by atoms with van der Waals surface area (Å²) in [7, 11) is -9.95. The molecule has 0 heterocycles. The molecule has 0 spiro atoms. The first kappa shape index (κ1) is 26.7. The van der Waals surface area contributed by atoms with Crippen LogP contribution in [0, 0.1) is 0 Å². The maximum Gasteiger partial charge on any atom is 0.493 e. The molecule has 0 aromatic heterocycles. The molecular formula is C18H37O7P2+. The molecule has 0 bridgehead atoms. The number of hydrogen-bond donors (Lipinski definition) is 4. The molecule has 0 fully saturated rings. The van der Waals surface area contributed by atoms with Crippen molar-refractivity contribution in [1.82, 2.24) is 0 Å². The van der Waals surface area contributed by atoms with Gasteiger partial charge in [0.25, 0.3) is 0 Å². The van der Waals surface area contributed by atoms with Crippen LogP contribution in [0.3, 0.4) is 0 Å². The van der Waals surface area contributed by atoms with E-state index in [2.05, 4.69) is 11.4 Å². The summed E-state index contributed by atoms with van der Waals surface area (Å²) in [4.78, 5) is 46.4. The molecule has 0 aromatic carbocycles. The number of allylic oxidation sites excluding steroid dienone is 1. The Hall–Kier alpha value is -0.290. The van der Waals surface area contributed by atoms with Crippen molar-refractivity contribution >= 4 is 20.8 Å². The van der Waals surface area contributed by atoms with E-state index in [0.717, 1.165) is 25.5 Å². The quantitative estimate of drug-likeness (QED) is 0.119. The van der Waals surface area contributed by atoms with E-state index in [0.29, 0.717) is 6.42 Å². The first-order valence-electron chi connectivity index (χ1n) is 10.0. The molecule has 7 nitrogen and oxygen atoms in total. The van der Waals surface area contributed by atoms with Crippen LogP contribution in [-0.2, 0) is 9.09 Å². The van der Waals surface area contributed by atoms with Crippen molar-refractivity contribution in [3.8, 4) is 0 Å². The molecule has 0 saturated carbocycles. The van der Waals surface area contributed by atoms with Gasteiger partial charge >= 0.3 is 20.8 Å². The van der Waals surface area contributed by atoms with E-state index >= 15 is 0 Å². The lowest BCUT2D eigenvalue weighted by Crippen LogP contribution is -2.04. The van der Waals surface area contributed by atoms with Gasteiger partial charge in [-0.15, -0.1) is 0 Å². The monoisotopic (exact) mass is 427 g/mol. The molecule has 160 valence electrons. The lowest BCUT2D eigenvalue weighted by Gasteiger charge is -2.07. The zero-order chi connectivity index (χ0) is 20.6. The van der Waals surface area contributed by atoms with Gasteiger partial charge in [-0.2, -0.15) is 14.7 Å². The molecule has 0 radical (unpaired) electrons. The summed E-state index contributed by atoms with van der Waals surface area (Å²) in [6, 6.07) is 0. The number of carbonyl (C=O) groups is 1. The van der Waals surface area contributed by atoms with Gasteiger partial charge in [0.15, 0.2) is 0 Å². The highest BCUT2D eigenvalue weighted by molar-refractivity contribution is 8.00. The molecule has 0 aromatic rings. The van der Waals surface area contributed by atoms with Crippen molar-refractivity contribution in [3.05, 3.63) is 12.3 Å². The van der Waals surface area contributed by atoms with Crippen LogP contribution >= 0.6 is 15.5 Å². The van der Waals surface area contributed by atoms with E-state index in [1.54, 1.807) is 0 Å². The predicted molar refractivity (Wildman–Crippen MR) is 109 cm³/mol. The molecule has 0 saturated heterocycles. The minimum absolute atomic E-state index is 0.629. The van der Waals surface area contributed by atoms with Crippen molar-refractivity contribution in [1.29, 1.82) is 0 Å². The molecule has 0 aliphatic rings. The lowest BCUT2D eigenvalue weighted by atomic mass is 10.0. The van der Waals surface area contributed by atoms with Crippen molar-refractivity contribution in [2.75, 3.05) is 0 Å². The van der Waals surface area contributed by atoms with Gasteiger partial charge in [-0.1, -0.05) is 84.0 Å². The molecule has 0 amide bonds. The first-order chi connectivity index (χ1) is 12.7. The molecule has 1 atom stereocenters. The Kier molecular flexibility index (Phi) is 15.4. The third-order valence-electron chi connectivity index (χ3n) is 4.27. The Morgan fingerprint density at radius 3 is 1.67 bits per heavy atom. The van der Waals surface area contributed by atoms with Gasteiger partial charge in [0.05, 0.1) is 6.26 Å². The van der Waals surface area contributed by atoms with E-state index in [9.17, 15) is 14.3 Å². The van der Waals surface area contributed by atoms with E-state index in [1.807, 2.05) is 0 Å². The molecule has 0 aliphatic carbocycles. The van der Waals surface area contributed by atoms with Gasteiger partial charge < -0.3 is 9.42 Å². The van der Waals surface area contributed by atoms with Gasteiger partial charge in [-0.05, 0) is 18.9 Å². The number of rotatable bonds is 18. The fourth-order valence-electron chi connectivity index (χ4n) is 2.69. The third-order valence-corrected chi connectivity index (χ3v) is 7.24. The Bertz CT molecular complexity index is 461. The molecule has 1 unspecified atom stereocenters. The van der Waals surface area contributed by atoms with Crippen LogP contribution in [0.2, 0.25) is 0 Å². The van der Waals surface area contributed by atoms with Gasteiger partial charge in [0.1, 0.15) is 0 Å². The van der Waals surface area contributed by atoms with Gasteiger partial charge in [-0.25, -0.2) is 9.36 Å². The second kappa shape index (κ2) is 15.6. The summed E-state index contributed by atoms with van der Waals surface area (Å²) >= 11 is 0. The summed E-state index contributed by atoms with van der Waals surface area (Å²) in [5, 5.41) is -1.97. The van der Waals surface area contributed by atoms with Gasteiger partial charge in [0.2, 0.25) is 0 Å². The minimum Gasteiger partial charge on any atom is -0.425 e. The maximum absolute atomic E-state index is 11.4. The highest BCUT2D eigenvalue weighted by atomic mass is 31.3. The molecule has 0 rings (SSSR count). The molecular weight excluding hydrogens is 390 g/mol. The topological polar surface area (TPSA) is 124 Å². The highest BCUT2D eigenvalue weighted by Crippen LogP contribution is 2.62. The van der Waals surface area contributed by atoms with E-state index in [-0.39, 0.29) is 0 Å². The van der Waals surface area contributed by atoms with Crippen LogP contribution in [0.25, 0.3) is 0 Å². The van der Waals surface area contributed by atoms with Crippen LogP contribution < -0.4 is 0 Å². The molecule has 9 heteroatoms. The maximum atomic E-state index is 11.4. The molecule has 0 aliphatic heterocycles. The van der Waals surface area contributed by atoms with Crippen molar-refractivity contribution < 1.29 is 33.5 Å². The number of hydrogen-bond acceptors (Lipinski definition) is 6. The van der Waals surface area contributed by atoms with Crippen LogP contribution in [-0.4, -0.2) is 24.8 Å². The van der Waals surface area contributed by atoms with Gasteiger partial charge in [0, 0.05) is 0 Å². The highest BCUT2D eigenvalue weighted by Gasteiger charge is 2.56. The Morgan fingerprint density at radius 1 is 0.852 bits per heavy atom. The van der Waals surface area contributed by atoms with E-state index < -0.39 is 20.8 Å². The van der Waals surface area contributed by atoms with E-state index in [4.69, 9.17) is 14.7 Å². The average molecular weight is 427 g/mol. The largest absolute Gasteiger partial charge is 0.493 e. The Balaban J connectivity index is 3.51. The normalized spacial score (nSPS) is 14.4. The standard InChI is InChI=1S/C18H36O7P2/c1-2-3-4-5-6-7-8-9-10-11-12-13-14-15-16-17-25-27(23,24)18(19)26(20,21)22/h16-17,20-22H,2-15H2,1H3/p+1. The minimum atomic E-state index is -5.03. The fraction of sp³-hybridized carbons (Fsp3) is 0.833. The lowest BCUT2D eigenvalue weighted by molar-refractivity contribution is 0.247. The number of carbonyl (C=O) groups excluding carboxylic acids is 1. The second-order valence-electron chi connectivity index (χ2n) is 6.88. The average Bonchev–Trinajstić information content (AvgIpc) is 2.60. The van der Waals surface area contributed by atoms with Crippen LogP contribution in [0.4, 0.5) is 4.79 Å². The van der Waals surface area contributed by atoms with Crippen molar-refractivity contribution in [2.45, 2.75) is 96.8 Å². The van der Waals surface area contributed by atoms with E-state index in [1.165, 1.54) is 70.3 Å². The summed E-state index contributed by atoms with van der Waals surface area (Å²) in [6.07, 6.45) is 19.3. The second-order valence-corrected chi connectivity index (χ2v) is 10.4. The van der Waals surface area contributed by atoms with Gasteiger partial charge in [-0.3, -0.25) is 0 Å². The van der Waals surface area contributed by atoms with Crippen LogP contribution in [0.1, 0.15) is 96.8 Å². The Labute approximate surface area is 164 Å². The third kappa shape index (κ3) is 15.3. The Morgan fingerprint density at radius 2 is 1.26 bits per heavy atom. The summed E-state index contributed by atoms with van der Waals surface area (Å²) < 4.78 is 15.7. The first-order valence-corrected chi connectivity index (χ1v) is 13.2. The predicted octanol–water partition coefficient (Wildman–Crippen LogP) is 6.04. The summed E-state index contributed by atoms with van der Waals surface area (Å²) in [6.45, 7) is 2.23. The van der Waals surface area contributed by atoms with Crippen molar-refractivity contribution in [2.24, 2.45) is 0 Å². The summed E-state index contributed by atoms with van der Waals surface area (Å²) in [5.74, 6) is 0.